The lowest BCUT2D eigenvalue weighted by Gasteiger charge is -2.36. The van der Waals surface area contributed by atoms with Crippen LogP contribution in [0.5, 0.6) is 0 Å². The molecule has 41 heavy (non-hydrogen) atoms. The molecular formula is C33H29Cl3N2O3. The molecule has 0 spiro atoms. The van der Waals surface area contributed by atoms with Crippen LogP contribution in [0.4, 0.5) is 5.69 Å². The summed E-state index contributed by atoms with van der Waals surface area (Å²) in [6.07, 6.45) is 3.59. The number of benzene rings is 3. The van der Waals surface area contributed by atoms with Gasteiger partial charge in [-0.2, -0.15) is 0 Å². The molecule has 8 heteroatoms. The third kappa shape index (κ3) is 6.75. The van der Waals surface area contributed by atoms with Gasteiger partial charge in [0.15, 0.2) is 6.61 Å². The van der Waals surface area contributed by atoms with Crippen LogP contribution in [0.1, 0.15) is 54.4 Å². The molecule has 5 nitrogen and oxygen atoms in total. The van der Waals surface area contributed by atoms with Gasteiger partial charge in [0, 0.05) is 26.1 Å². The maximum Gasteiger partial charge on any atom is 0.339 e. The van der Waals surface area contributed by atoms with Crippen molar-refractivity contribution in [2.75, 3.05) is 11.9 Å². The Morgan fingerprint density at radius 2 is 1.63 bits per heavy atom. The monoisotopic (exact) mass is 606 g/mol. The predicted molar refractivity (Wildman–Crippen MR) is 168 cm³/mol. The van der Waals surface area contributed by atoms with Crippen molar-refractivity contribution in [3.05, 3.63) is 104 Å². The molecule has 1 atom stereocenters. The van der Waals surface area contributed by atoms with Crippen LogP contribution in [0, 0.1) is 11.3 Å². The highest BCUT2D eigenvalue weighted by Crippen LogP contribution is 2.45. The van der Waals surface area contributed by atoms with E-state index < -0.39 is 18.5 Å². The molecule has 1 amide bonds. The van der Waals surface area contributed by atoms with Gasteiger partial charge in [0.2, 0.25) is 0 Å². The minimum Gasteiger partial charge on any atom is -0.452 e. The van der Waals surface area contributed by atoms with E-state index in [1.165, 1.54) is 0 Å². The normalized spacial score (nSPS) is 16.0. The maximum absolute atomic E-state index is 13.7. The number of para-hydroxylation sites is 1. The molecule has 210 valence electrons. The summed E-state index contributed by atoms with van der Waals surface area (Å²) in [4.78, 5) is 31.5. The molecule has 1 aromatic heterocycles. The Hall–Kier alpha value is -3.38. The van der Waals surface area contributed by atoms with Crippen molar-refractivity contribution in [3.63, 3.8) is 0 Å². The SMILES string of the molecule is CC(C)(C)[C@@H]1C/C(=C/c2ccc(Cl)cc2)c2nc3ccccc3c(C(=O)OCC(=O)Nc3cc(Cl)cc(Cl)c3)c2C1. The van der Waals surface area contributed by atoms with Gasteiger partial charge in [0.25, 0.3) is 5.91 Å². The zero-order chi connectivity index (χ0) is 29.3. The van der Waals surface area contributed by atoms with E-state index in [1.54, 1.807) is 18.2 Å². The topological polar surface area (TPSA) is 68.3 Å². The number of amides is 1. The average molecular weight is 608 g/mol. The maximum atomic E-state index is 13.7. The van der Waals surface area contributed by atoms with E-state index in [4.69, 9.17) is 44.5 Å². The van der Waals surface area contributed by atoms with E-state index in [-0.39, 0.29) is 11.3 Å². The first-order chi connectivity index (χ1) is 19.5. The minimum absolute atomic E-state index is 0.0261. The fourth-order valence-electron chi connectivity index (χ4n) is 5.16. The molecule has 0 unspecified atom stereocenters. The Morgan fingerprint density at radius 3 is 2.32 bits per heavy atom. The van der Waals surface area contributed by atoms with Crippen molar-refractivity contribution in [2.24, 2.45) is 11.3 Å². The Kier molecular flexibility index (Phi) is 8.42. The largest absolute Gasteiger partial charge is 0.452 e. The molecule has 0 saturated carbocycles. The molecule has 1 heterocycles. The van der Waals surface area contributed by atoms with Crippen LogP contribution in [-0.2, 0) is 16.0 Å². The van der Waals surface area contributed by atoms with Gasteiger partial charge in [-0.1, -0.05) is 85.9 Å². The van der Waals surface area contributed by atoms with Crippen molar-refractivity contribution in [1.29, 1.82) is 0 Å². The highest BCUT2D eigenvalue weighted by molar-refractivity contribution is 6.35. The van der Waals surface area contributed by atoms with E-state index in [0.29, 0.717) is 43.6 Å². The third-order valence-electron chi connectivity index (χ3n) is 7.33. The molecule has 1 aliphatic rings. The van der Waals surface area contributed by atoms with Gasteiger partial charge >= 0.3 is 5.97 Å². The molecule has 0 radical (unpaired) electrons. The zero-order valence-electron chi connectivity index (χ0n) is 22.9. The summed E-state index contributed by atoms with van der Waals surface area (Å²) in [5.41, 5.74) is 5.19. The van der Waals surface area contributed by atoms with Gasteiger partial charge in [0.05, 0.1) is 16.8 Å². The molecule has 1 N–H and O–H groups in total. The number of hydrogen-bond acceptors (Lipinski definition) is 4. The number of halogens is 3. The van der Waals surface area contributed by atoms with E-state index in [1.807, 2.05) is 48.5 Å². The fraction of sp³-hybridized carbons (Fsp3) is 0.242. The number of rotatable bonds is 5. The van der Waals surface area contributed by atoms with Gasteiger partial charge in [-0.25, -0.2) is 9.78 Å². The van der Waals surface area contributed by atoms with Gasteiger partial charge in [-0.15, -0.1) is 0 Å². The Balaban J connectivity index is 1.53. The van der Waals surface area contributed by atoms with Gasteiger partial charge in [-0.05, 0) is 83.3 Å². The highest BCUT2D eigenvalue weighted by Gasteiger charge is 2.35. The fourth-order valence-corrected chi connectivity index (χ4v) is 5.81. The molecule has 1 aliphatic carbocycles. The van der Waals surface area contributed by atoms with Crippen LogP contribution in [0.25, 0.3) is 22.6 Å². The smallest absolute Gasteiger partial charge is 0.339 e. The standard InChI is InChI=1S/C33H29Cl3N2O3/c1-33(2,3)21-13-20(12-19-8-10-22(34)11-9-19)31-27(14-21)30(26-6-4-5-7-28(26)38-31)32(40)41-18-29(39)37-25-16-23(35)15-24(36)17-25/h4-12,15-17,21H,13-14,18H2,1-3H3,(H,37,39)/b20-12-/t21-/m1/s1. The van der Waals surface area contributed by atoms with E-state index in [2.05, 4.69) is 32.2 Å². The lowest BCUT2D eigenvalue weighted by Crippen LogP contribution is -2.29. The summed E-state index contributed by atoms with van der Waals surface area (Å²) in [6.45, 7) is 6.16. The van der Waals surface area contributed by atoms with Crippen LogP contribution >= 0.6 is 34.8 Å². The summed E-state index contributed by atoms with van der Waals surface area (Å²) in [7, 11) is 0. The number of fused-ring (bicyclic) bond motifs is 2. The average Bonchev–Trinajstić information content (AvgIpc) is 2.90. The number of carbonyl (C=O) groups is 2. The number of nitrogens with one attached hydrogen (secondary N) is 1. The number of anilines is 1. The van der Waals surface area contributed by atoms with Crippen molar-refractivity contribution in [1.82, 2.24) is 4.98 Å². The summed E-state index contributed by atoms with van der Waals surface area (Å²) < 4.78 is 5.61. The number of ether oxygens (including phenoxy) is 1. The number of nitrogens with zero attached hydrogens (tertiary/aromatic N) is 1. The van der Waals surface area contributed by atoms with Crippen molar-refractivity contribution >= 4 is 74.9 Å². The van der Waals surface area contributed by atoms with Crippen LogP contribution in [-0.4, -0.2) is 23.5 Å². The van der Waals surface area contributed by atoms with Crippen molar-refractivity contribution in [3.8, 4) is 0 Å². The Morgan fingerprint density at radius 1 is 0.951 bits per heavy atom. The second-order valence-electron chi connectivity index (χ2n) is 11.3. The first-order valence-electron chi connectivity index (χ1n) is 13.3. The van der Waals surface area contributed by atoms with Crippen molar-refractivity contribution in [2.45, 2.75) is 33.6 Å². The number of hydrogen-bond donors (Lipinski definition) is 1. The Bertz CT molecular complexity index is 1650. The van der Waals surface area contributed by atoms with Crippen LogP contribution in [0.15, 0.2) is 66.7 Å². The van der Waals surface area contributed by atoms with Crippen LogP contribution in [0.3, 0.4) is 0 Å². The first-order valence-corrected chi connectivity index (χ1v) is 14.4. The van der Waals surface area contributed by atoms with Gasteiger partial charge in [-0.3, -0.25) is 4.79 Å². The molecule has 3 aromatic carbocycles. The van der Waals surface area contributed by atoms with E-state index >= 15 is 0 Å². The lowest BCUT2D eigenvalue weighted by molar-refractivity contribution is -0.119. The number of allylic oxidation sites excluding steroid dienone is 1. The molecule has 0 aliphatic heterocycles. The summed E-state index contributed by atoms with van der Waals surface area (Å²) in [5, 5.41) is 4.81. The number of aromatic nitrogens is 1. The first kappa shape index (κ1) is 29.1. The summed E-state index contributed by atoms with van der Waals surface area (Å²) in [5.74, 6) is -0.821. The van der Waals surface area contributed by atoms with Crippen LogP contribution in [0.2, 0.25) is 15.1 Å². The third-order valence-corrected chi connectivity index (χ3v) is 8.02. The molecule has 0 fully saturated rings. The molecule has 0 bridgehead atoms. The predicted octanol–water partition coefficient (Wildman–Crippen LogP) is 9.14. The quantitative estimate of drug-likeness (QED) is 0.230. The number of carbonyl (C=O) groups excluding carboxylic acids is 2. The molecule has 5 rings (SSSR count). The molecule has 0 saturated heterocycles. The zero-order valence-corrected chi connectivity index (χ0v) is 25.2. The van der Waals surface area contributed by atoms with Gasteiger partial charge < -0.3 is 10.1 Å². The minimum atomic E-state index is -0.570. The number of esters is 1. The van der Waals surface area contributed by atoms with E-state index in [0.717, 1.165) is 28.8 Å². The second kappa shape index (κ2) is 11.8. The van der Waals surface area contributed by atoms with E-state index in [9.17, 15) is 9.59 Å². The van der Waals surface area contributed by atoms with Crippen LogP contribution < -0.4 is 5.32 Å². The number of pyridine rings is 1. The molecule has 4 aromatic rings. The summed E-state index contributed by atoms with van der Waals surface area (Å²) >= 11 is 18.2. The van der Waals surface area contributed by atoms with Gasteiger partial charge in [0.1, 0.15) is 0 Å². The summed E-state index contributed by atoms with van der Waals surface area (Å²) in [6, 6.07) is 19.9. The highest BCUT2D eigenvalue weighted by atomic mass is 35.5. The van der Waals surface area contributed by atoms with Crippen molar-refractivity contribution < 1.29 is 14.3 Å². The Labute approximate surface area is 254 Å². The second-order valence-corrected chi connectivity index (χ2v) is 12.6. The molecular weight excluding hydrogens is 579 g/mol. The lowest BCUT2D eigenvalue weighted by atomic mass is 9.69.